The van der Waals surface area contributed by atoms with Crippen molar-refractivity contribution in [2.24, 2.45) is 5.92 Å². The van der Waals surface area contributed by atoms with Gasteiger partial charge in [0.15, 0.2) is 5.69 Å². The maximum Gasteiger partial charge on any atom is 0.391 e. The summed E-state index contributed by atoms with van der Waals surface area (Å²) in [5, 5.41) is 6.14. The van der Waals surface area contributed by atoms with E-state index in [0.29, 0.717) is 29.7 Å². The summed E-state index contributed by atoms with van der Waals surface area (Å²) >= 11 is 0. The maximum atomic E-state index is 12.9. The topological polar surface area (TPSA) is 98.1 Å². The quantitative estimate of drug-likeness (QED) is 0.401. The number of methoxy groups -OCH3 is 1. The number of hydrogen-bond acceptors (Lipinski definition) is 6. The molecule has 192 valence electrons. The zero-order valence-electron chi connectivity index (χ0n) is 20.1. The molecule has 1 saturated carbocycles. The lowest BCUT2D eigenvalue weighted by atomic mass is 9.85. The Bertz CT molecular complexity index is 1240. The standard InChI is InChI=1S/C25H28F3N5O3/c1-15(13-25(26,27)28)31-18-12-19-20(32-23(34)16-6-5-7-16)21(24(35)36-2)33(22(19)30-14-18)11-9-17-8-3-4-10-29-17/h3-4,8,10,12,14-16,31H,5-7,9,11,13H2,1-2H3,(H,32,34)/t15-/m0/s1. The molecule has 0 aliphatic heterocycles. The number of esters is 1. The molecule has 0 radical (unpaired) electrons. The number of pyridine rings is 2. The van der Waals surface area contributed by atoms with Crippen LogP contribution in [0.2, 0.25) is 0 Å². The lowest BCUT2D eigenvalue weighted by Crippen LogP contribution is -2.29. The SMILES string of the molecule is COC(=O)c1c(NC(=O)C2CCC2)c2cc(N[C@@H](C)CC(F)(F)F)cnc2n1CCc1ccccn1. The first-order chi connectivity index (χ1) is 17.2. The van der Waals surface area contributed by atoms with E-state index in [4.69, 9.17) is 4.74 Å². The fraction of sp³-hybridized carbons (Fsp3) is 0.440. The van der Waals surface area contributed by atoms with Crippen LogP contribution in [-0.4, -0.2) is 45.7 Å². The van der Waals surface area contributed by atoms with Gasteiger partial charge in [0.2, 0.25) is 5.91 Å². The molecule has 3 aromatic rings. The predicted octanol–water partition coefficient (Wildman–Crippen LogP) is 4.95. The number of alkyl halides is 3. The average molecular weight is 504 g/mol. The van der Waals surface area contributed by atoms with Gasteiger partial charge in [0.25, 0.3) is 0 Å². The lowest BCUT2D eigenvalue weighted by molar-refractivity contribution is -0.136. The number of hydrogen-bond donors (Lipinski definition) is 2. The van der Waals surface area contributed by atoms with E-state index in [-0.39, 0.29) is 23.2 Å². The number of aromatic nitrogens is 3. The molecular formula is C25H28F3N5O3. The van der Waals surface area contributed by atoms with Gasteiger partial charge in [-0.25, -0.2) is 9.78 Å². The summed E-state index contributed by atoms with van der Waals surface area (Å²) in [4.78, 5) is 34.6. The summed E-state index contributed by atoms with van der Waals surface area (Å²) in [6.07, 6.45) is 0.719. The van der Waals surface area contributed by atoms with Gasteiger partial charge in [-0.2, -0.15) is 13.2 Å². The molecule has 0 bridgehead atoms. The van der Waals surface area contributed by atoms with E-state index in [1.54, 1.807) is 22.9 Å². The molecule has 0 unspecified atom stereocenters. The van der Waals surface area contributed by atoms with Gasteiger partial charge in [0.1, 0.15) is 5.65 Å². The summed E-state index contributed by atoms with van der Waals surface area (Å²) in [6.45, 7) is 1.75. The fourth-order valence-electron chi connectivity index (χ4n) is 4.31. The van der Waals surface area contributed by atoms with E-state index < -0.39 is 24.6 Å². The molecule has 1 amide bonds. The van der Waals surface area contributed by atoms with Crippen molar-refractivity contribution in [1.29, 1.82) is 0 Å². The number of rotatable bonds is 9. The third-order valence-corrected chi connectivity index (χ3v) is 6.27. The van der Waals surface area contributed by atoms with Crippen molar-refractivity contribution in [3.05, 3.63) is 48.0 Å². The van der Waals surface area contributed by atoms with Crippen LogP contribution in [0.3, 0.4) is 0 Å². The number of fused-ring (bicyclic) bond motifs is 1. The molecule has 1 aliphatic carbocycles. The van der Waals surface area contributed by atoms with Gasteiger partial charge >= 0.3 is 12.1 Å². The van der Waals surface area contributed by atoms with E-state index in [2.05, 4.69) is 20.6 Å². The first-order valence-corrected chi connectivity index (χ1v) is 11.8. The molecule has 3 aromatic heterocycles. The Balaban J connectivity index is 1.76. The first kappa shape index (κ1) is 25.5. The van der Waals surface area contributed by atoms with Gasteiger partial charge in [-0.15, -0.1) is 0 Å². The highest BCUT2D eigenvalue weighted by molar-refractivity contribution is 6.11. The Morgan fingerprint density at radius 3 is 2.64 bits per heavy atom. The second-order valence-electron chi connectivity index (χ2n) is 9.01. The summed E-state index contributed by atoms with van der Waals surface area (Å²) < 4.78 is 45.2. The van der Waals surface area contributed by atoms with Crippen LogP contribution < -0.4 is 10.6 Å². The van der Waals surface area contributed by atoms with Crippen LogP contribution in [-0.2, 0) is 22.5 Å². The Labute approximate surface area is 206 Å². The zero-order chi connectivity index (χ0) is 25.9. The van der Waals surface area contributed by atoms with Crippen LogP contribution in [0.1, 0.15) is 48.8 Å². The third-order valence-electron chi connectivity index (χ3n) is 6.27. The van der Waals surface area contributed by atoms with Crippen molar-refractivity contribution in [1.82, 2.24) is 14.5 Å². The highest BCUT2D eigenvalue weighted by atomic mass is 19.4. The fourth-order valence-corrected chi connectivity index (χ4v) is 4.31. The number of aryl methyl sites for hydroxylation is 2. The van der Waals surface area contributed by atoms with E-state index in [0.717, 1.165) is 25.0 Å². The second-order valence-corrected chi connectivity index (χ2v) is 9.01. The van der Waals surface area contributed by atoms with Crippen LogP contribution in [0, 0.1) is 5.92 Å². The minimum atomic E-state index is -4.32. The van der Waals surface area contributed by atoms with E-state index in [9.17, 15) is 22.8 Å². The van der Waals surface area contributed by atoms with Gasteiger partial charge in [0, 0.05) is 42.2 Å². The number of ether oxygens (including phenoxy) is 1. The van der Waals surface area contributed by atoms with Crippen molar-refractivity contribution in [2.75, 3.05) is 17.7 Å². The third kappa shape index (κ3) is 5.77. The zero-order valence-corrected chi connectivity index (χ0v) is 20.1. The van der Waals surface area contributed by atoms with Crippen molar-refractivity contribution in [3.8, 4) is 0 Å². The normalized spacial score (nSPS) is 14.8. The monoisotopic (exact) mass is 503 g/mol. The van der Waals surface area contributed by atoms with Gasteiger partial charge in [-0.05, 0) is 38.0 Å². The Morgan fingerprint density at radius 1 is 1.25 bits per heavy atom. The minimum absolute atomic E-state index is 0.129. The number of nitrogens with one attached hydrogen (secondary N) is 2. The Hall–Kier alpha value is -3.63. The molecule has 36 heavy (non-hydrogen) atoms. The summed E-state index contributed by atoms with van der Waals surface area (Å²) in [5.41, 5.74) is 1.92. The summed E-state index contributed by atoms with van der Waals surface area (Å²) in [7, 11) is 1.25. The van der Waals surface area contributed by atoms with Crippen LogP contribution in [0.25, 0.3) is 11.0 Å². The molecule has 2 N–H and O–H groups in total. The number of nitrogens with zero attached hydrogens (tertiary/aromatic N) is 3. The number of carbonyl (C=O) groups is 2. The smallest absolute Gasteiger partial charge is 0.391 e. The van der Waals surface area contributed by atoms with Crippen molar-refractivity contribution in [2.45, 2.75) is 57.8 Å². The molecule has 0 saturated heterocycles. The van der Waals surface area contributed by atoms with Gasteiger partial charge in [-0.1, -0.05) is 12.5 Å². The van der Waals surface area contributed by atoms with Crippen LogP contribution >= 0.6 is 0 Å². The average Bonchev–Trinajstić information content (AvgIpc) is 3.07. The van der Waals surface area contributed by atoms with E-state index in [1.165, 1.54) is 20.2 Å². The largest absolute Gasteiger partial charge is 0.464 e. The van der Waals surface area contributed by atoms with Crippen LogP contribution in [0.4, 0.5) is 24.5 Å². The molecule has 1 aliphatic rings. The highest BCUT2D eigenvalue weighted by Gasteiger charge is 2.32. The maximum absolute atomic E-state index is 12.9. The summed E-state index contributed by atoms with van der Waals surface area (Å²) in [5.74, 6) is -1.01. The van der Waals surface area contributed by atoms with Gasteiger partial charge in [0.05, 0.1) is 31.1 Å². The molecule has 4 rings (SSSR count). The highest BCUT2D eigenvalue weighted by Crippen LogP contribution is 2.35. The first-order valence-electron chi connectivity index (χ1n) is 11.8. The van der Waals surface area contributed by atoms with Crippen LogP contribution in [0.15, 0.2) is 36.7 Å². The Morgan fingerprint density at radius 2 is 2.03 bits per heavy atom. The number of carbonyl (C=O) groups excluding carboxylic acids is 2. The second kappa shape index (κ2) is 10.5. The summed E-state index contributed by atoms with van der Waals surface area (Å²) in [6, 6.07) is 6.23. The molecule has 0 spiro atoms. The Kier molecular flexibility index (Phi) is 7.46. The van der Waals surface area contributed by atoms with Crippen LogP contribution in [0.5, 0.6) is 0 Å². The molecule has 8 nitrogen and oxygen atoms in total. The number of anilines is 2. The van der Waals surface area contributed by atoms with Crippen molar-refractivity contribution in [3.63, 3.8) is 0 Å². The molecule has 0 aromatic carbocycles. The molecule has 1 fully saturated rings. The molecule has 3 heterocycles. The minimum Gasteiger partial charge on any atom is -0.464 e. The van der Waals surface area contributed by atoms with Crippen molar-refractivity contribution < 1.29 is 27.5 Å². The number of halogens is 3. The molecule has 11 heteroatoms. The molecule has 1 atom stereocenters. The lowest BCUT2D eigenvalue weighted by Gasteiger charge is -2.24. The van der Waals surface area contributed by atoms with E-state index >= 15 is 0 Å². The predicted molar refractivity (Wildman–Crippen MR) is 129 cm³/mol. The van der Waals surface area contributed by atoms with Crippen molar-refractivity contribution >= 4 is 34.3 Å². The number of amides is 1. The van der Waals surface area contributed by atoms with Gasteiger partial charge in [-0.3, -0.25) is 9.78 Å². The van der Waals surface area contributed by atoms with E-state index in [1.807, 2.05) is 12.1 Å². The van der Waals surface area contributed by atoms with Gasteiger partial charge < -0.3 is 19.9 Å². The molecular weight excluding hydrogens is 475 g/mol.